The Morgan fingerprint density at radius 1 is 1.14 bits per heavy atom. The van der Waals surface area contributed by atoms with Crippen LogP contribution in [0.25, 0.3) is 10.9 Å². The molecule has 1 atom stereocenters. The number of nitrogens with one attached hydrogen (secondary N) is 1. The van der Waals surface area contributed by atoms with Crippen molar-refractivity contribution < 1.29 is 8.57 Å². The molecule has 1 heterocycles. The molecule has 2 aromatic carbocycles. The van der Waals surface area contributed by atoms with Crippen LogP contribution >= 0.6 is 15.9 Å². The summed E-state index contributed by atoms with van der Waals surface area (Å²) < 4.78 is 20.9. The third-order valence-corrected chi connectivity index (χ3v) is 7.19. The van der Waals surface area contributed by atoms with Gasteiger partial charge in [0.15, 0.2) is 0 Å². The number of aromatic nitrogens is 1. The van der Waals surface area contributed by atoms with Crippen LogP contribution in [0.1, 0.15) is 5.69 Å². The van der Waals surface area contributed by atoms with E-state index in [9.17, 15) is 3.83 Å². The second-order valence-electron chi connectivity index (χ2n) is 4.71. The van der Waals surface area contributed by atoms with Crippen molar-refractivity contribution in [1.29, 1.82) is 0 Å². The maximum absolute atomic E-state index is 13.0. The normalized spacial score (nSPS) is 12.5. The molecule has 1 aromatic heterocycles. The Kier molecular flexibility index (Phi) is 3.98. The van der Waals surface area contributed by atoms with Gasteiger partial charge in [0.2, 0.25) is 0 Å². The molecule has 0 saturated heterocycles. The van der Waals surface area contributed by atoms with Gasteiger partial charge in [-0.15, -0.1) is 0 Å². The van der Waals surface area contributed by atoms with Crippen LogP contribution in [0.2, 0.25) is 0 Å². The molecule has 1 unspecified atom stereocenters. The fourth-order valence-corrected chi connectivity index (χ4v) is 5.45. The van der Waals surface area contributed by atoms with E-state index < -0.39 is 13.8 Å². The fourth-order valence-electron chi connectivity index (χ4n) is 2.33. The molecule has 0 fully saturated rings. The van der Waals surface area contributed by atoms with Crippen molar-refractivity contribution in [3.63, 3.8) is 0 Å². The number of aromatic amines is 1. The number of aryl methyl sites for hydroxylation is 1. The van der Waals surface area contributed by atoms with Gasteiger partial charge in [0, 0.05) is 0 Å². The summed E-state index contributed by atoms with van der Waals surface area (Å²) in [6.45, 7) is 1.97. The van der Waals surface area contributed by atoms with E-state index >= 15 is 0 Å². The van der Waals surface area contributed by atoms with Crippen molar-refractivity contribution in [2.45, 2.75) is 6.92 Å². The molecule has 108 valence electrons. The van der Waals surface area contributed by atoms with Crippen LogP contribution in [0.4, 0.5) is 0 Å². The second kappa shape index (κ2) is 5.76. The molecule has 3 nitrogen and oxygen atoms in total. The SMILES string of the molecule is COc1ccc([Se](=O)c2c(C)[nH]c3ccc(Br)cc23)cc1. The molecule has 0 aliphatic heterocycles. The topological polar surface area (TPSA) is 42.1 Å². The third-order valence-electron chi connectivity index (χ3n) is 3.35. The minimum atomic E-state index is -2.31. The number of methoxy groups -OCH3 is 1. The summed E-state index contributed by atoms with van der Waals surface area (Å²) in [4.78, 5) is 3.31. The minimum absolute atomic E-state index is 0.774. The molecule has 21 heavy (non-hydrogen) atoms. The van der Waals surface area contributed by atoms with Crippen molar-refractivity contribution in [2.24, 2.45) is 0 Å². The zero-order valence-electron chi connectivity index (χ0n) is 11.6. The van der Waals surface area contributed by atoms with Crippen LogP contribution in [0.3, 0.4) is 0 Å². The number of ether oxygens (including phenoxy) is 1. The summed E-state index contributed by atoms with van der Waals surface area (Å²) in [5, 5.41) is 1.03. The molecule has 0 aliphatic carbocycles. The summed E-state index contributed by atoms with van der Waals surface area (Å²) in [5.74, 6) is 0.774. The number of hydrogen-bond donors (Lipinski definition) is 1. The van der Waals surface area contributed by atoms with E-state index in [0.29, 0.717) is 0 Å². The molecule has 3 aromatic rings. The number of halogens is 1. The molecule has 0 bridgehead atoms. The Hall–Kier alpha value is -1.42. The maximum atomic E-state index is 13.0. The van der Waals surface area contributed by atoms with Crippen molar-refractivity contribution >= 4 is 49.6 Å². The van der Waals surface area contributed by atoms with Crippen LogP contribution in [-0.2, 0) is 3.83 Å². The molecule has 0 spiro atoms. The predicted molar refractivity (Wildman–Crippen MR) is 89.4 cm³/mol. The summed E-state index contributed by atoms with van der Waals surface area (Å²) in [6.07, 6.45) is 0. The molecule has 3 rings (SSSR count). The number of H-pyrrole nitrogens is 1. The second-order valence-corrected chi connectivity index (χ2v) is 8.60. The van der Waals surface area contributed by atoms with E-state index in [1.807, 2.05) is 49.4 Å². The molecule has 5 heteroatoms. The average Bonchev–Trinajstić information content (AvgIpc) is 2.82. The summed E-state index contributed by atoms with van der Waals surface area (Å²) >= 11 is 1.17. The van der Waals surface area contributed by atoms with E-state index in [1.54, 1.807) is 7.11 Å². The van der Waals surface area contributed by atoms with Gasteiger partial charge in [-0.2, -0.15) is 0 Å². The van der Waals surface area contributed by atoms with Crippen LogP contribution in [0.5, 0.6) is 5.75 Å². The molecule has 1 N–H and O–H groups in total. The average molecular weight is 411 g/mol. The Labute approximate surface area is 135 Å². The molecule has 0 saturated carbocycles. The first kappa shape index (κ1) is 14.5. The van der Waals surface area contributed by atoms with Crippen molar-refractivity contribution in [2.75, 3.05) is 7.11 Å². The van der Waals surface area contributed by atoms with Crippen molar-refractivity contribution in [1.82, 2.24) is 4.98 Å². The monoisotopic (exact) mass is 411 g/mol. The first-order chi connectivity index (χ1) is 10.1. The standard InChI is InChI=1S/C16H14BrNO2Se/c1-10-16(14-9-11(17)3-8-15(14)18-10)21(19)13-6-4-12(20-2)5-7-13/h3-9,18H,1-2H3. The van der Waals surface area contributed by atoms with E-state index in [-0.39, 0.29) is 0 Å². The number of hydrogen-bond acceptors (Lipinski definition) is 2. The van der Waals surface area contributed by atoms with Gasteiger partial charge in [-0.25, -0.2) is 0 Å². The van der Waals surface area contributed by atoms with E-state index in [2.05, 4.69) is 20.9 Å². The zero-order valence-corrected chi connectivity index (χ0v) is 14.9. The van der Waals surface area contributed by atoms with Gasteiger partial charge in [0.1, 0.15) is 0 Å². The Morgan fingerprint density at radius 2 is 1.86 bits per heavy atom. The van der Waals surface area contributed by atoms with E-state index in [4.69, 9.17) is 4.74 Å². The first-order valence-electron chi connectivity index (χ1n) is 6.44. The fraction of sp³-hybridized carbons (Fsp3) is 0.125. The molecule has 0 aliphatic rings. The zero-order chi connectivity index (χ0) is 15.0. The van der Waals surface area contributed by atoms with Gasteiger partial charge in [0.05, 0.1) is 0 Å². The van der Waals surface area contributed by atoms with Gasteiger partial charge in [-0.1, -0.05) is 0 Å². The van der Waals surface area contributed by atoms with Crippen LogP contribution in [0.15, 0.2) is 46.9 Å². The first-order valence-corrected chi connectivity index (χ1v) is 9.64. The Morgan fingerprint density at radius 3 is 2.52 bits per heavy atom. The number of benzene rings is 2. The van der Waals surface area contributed by atoms with E-state index in [1.165, 1.54) is 0 Å². The van der Waals surface area contributed by atoms with Gasteiger partial charge in [0.25, 0.3) is 0 Å². The van der Waals surface area contributed by atoms with Crippen LogP contribution in [-0.4, -0.2) is 25.9 Å². The summed E-state index contributed by atoms with van der Waals surface area (Å²) in [5.41, 5.74) is 1.99. The Bertz CT molecular complexity index is 824. The predicted octanol–water partition coefficient (Wildman–Crippen LogP) is 2.78. The van der Waals surface area contributed by atoms with E-state index in [0.717, 1.165) is 35.7 Å². The number of fused-ring (bicyclic) bond motifs is 1. The molecule has 0 radical (unpaired) electrons. The molecular weight excluding hydrogens is 397 g/mol. The van der Waals surface area contributed by atoms with Crippen molar-refractivity contribution in [3.8, 4) is 5.75 Å². The van der Waals surface area contributed by atoms with Gasteiger partial charge >= 0.3 is 136 Å². The van der Waals surface area contributed by atoms with Gasteiger partial charge < -0.3 is 0 Å². The third kappa shape index (κ3) is 2.69. The summed E-state index contributed by atoms with van der Waals surface area (Å²) in [7, 11) is 1.63. The molecular formula is C16H14BrNO2Se. The number of rotatable bonds is 3. The van der Waals surface area contributed by atoms with Crippen molar-refractivity contribution in [3.05, 3.63) is 52.6 Å². The molecule has 0 amide bonds. The van der Waals surface area contributed by atoms with Gasteiger partial charge in [-0.3, -0.25) is 0 Å². The quantitative estimate of drug-likeness (QED) is 0.674. The Balaban J connectivity index is 2.12. The summed E-state index contributed by atoms with van der Waals surface area (Å²) in [6, 6.07) is 13.5. The van der Waals surface area contributed by atoms with Crippen LogP contribution < -0.4 is 13.7 Å². The van der Waals surface area contributed by atoms with Crippen LogP contribution in [0, 0.1) is 6.92 Å². The van der Waals surface area contributed by atoms with Gasteiger partial charge in [-0.05, 0) is 0 Å².